The number of rotatable bonds is 5. The van der Waals surface area contributed by atoms with E-state index in [-0.39, 0.29) is 5.75 Å². The van der Waals surface area contributed by atoms with Gasteiger partial charge in [-0.2, -0.15) is 0 Å². The van der Waals surface area contributed by atoms with Crippen molar-refractivity contribution in [3.8, 4) is 5.75 Å². The molecule has 0 fully saturated rings. The van der Waals surface area contributed by atoms with E-state index in [0.717, 1.165) is 17.7 Å². The molecule has 0 aliphatic heterocycles. The van der Waals surface area contributed by atoms with Crippen LogP contribution in [0.4, 0.5) is 24.5 Å². The lowest BCUT2D eigenvalue weighted by Crippen LogP contribution is -2.17. The summed E-state index contributed by atoms with van der Waals surface area (Å²) < 4.78 is 40.3. The number of hydrogen-bond donors (Lipinski definition) is 1. The quantitative estimate of drug-likeness (QED) is 0.580. The maximum Gasteiger partial charge on any atom is 0.573 e. The molecule has 0 radical (unpaired) electrons. The fourth-order valence-corrected chi connectivity index (χ4v) is 2.06. The van der Waals surface area contributed by atoms with Gasteiger partial charge in [-0.15, -0.1) is 13.2 Å². The molecule has 0 amide bonds. The minimum atomic E-state index is -4.70. The number of benzene rings is 2. The van der Waals surface area contributed by atoms with Crippen molar-refractivity contribution in [3.63, 3.8) is 0 Å². The third-order valence-electron chi connectivity index (χ3n) is 3.17. The lowest BCUT2D eigenvalue weighted by molar-refractivity contribution is -0.274. The molecule has 126 valence electrons. The van der Waals surface area contributed by atoms with Crippen molar-refractivity contribution in [1.82, 2.24) is 0 Å². The van der Waals surface area contributed by atoms with E-state index >= 15 is 0 Å². The molecule has 1 N–H and O–H groups in total. The molecule has 0 saturated carbocycles. The molecular formula is C18H17F3N2O. The van der Waals surface area contributed by atoms with Crippen molar-refractivity contribution in [3.05, 3.63) is 66.7 Å². The Bertz CT molecular complexity index is 722. The molecule has 0 aliphatic rings. The third-order valence-corrected chi connectivity index (χ3v) is 3.17. The number of aliphatic imine (C=N–C) groups is 1. The summed E-state index contributed by atoms with van der Waals surface area (Å²) in [5, 5.41) is 3.01. The Morgan fingerprint density at radius 2 is 1.83 bits per heavy atom. The number of hydrogen-bond acceptors (Lipinski definition) is 2. The topological polar surface area (TPSA) is 33.6 Å². The SMILES string of the molecule is C=CC(=Nc1ccccc1CC)Nc1ccc(OC(F)(F)F)cc1. The zero-order valence-electron chi connectivity index (χ0n) is 13.1. The van der Waals surface area contributed by atoms with Crippen molar-refractivity contribution in [2.75, 3.05) is 5.32 Å². The first kappa shape index (κ1) is 17.6. The molecule has 6 heteroatoms. The molecule has 0 bridgehead atoms. The maximum absolute atomic E-state index is 12.2. The lowest BCUT2D eigenvalue weighted by atomic mass is 10.1. The molecule has 24 heavy (non-hydrogen) atoms. The van der Waals surface area contributed by atoms with E-state index < -0.39 is 6.36 Å². The number of para-hydroxylation sites is 1. The van der Waals surface area contributed by atoms with Crippen LogP contribution in [0.1, 0.15) is 12.5 Å². The smallest absolute Gasteiger partial charge is 0.406 e. The van der Waals surface area contributed by atoms with E-state index in [9.17, 15) is 13.2 Å². The Hall–Kier alpha value is -2.76. The average Bonchev–Trinajstić information content (AvgIpc) is 2.55. The number of amidine groups is 1. The molecule has 0 spiro atoms. The number of halogens is 3. The summed E-state index contributed by atoms with van der Waals surface area (Å²) in [6, 6.07) is 13.1. The summed E-state index contributed by atoms with van der Waals surface area (Å²) in [4.78, 5) is 4.50. The van der Waals surface area contributed by atoms with Gasteiger partial charge in [0.15, 0.2) is 0 Å². The van der Waals surface area contributed by atoms with Crippen LogP contribution in [0.3, 0.4) is 0 Å². The predicted molar refractivity (Wildman–Crippen MR) is 89.9 cm³/mol. The first-order valence-corrected chi connectivity index (χ1v) is 7.33. The highest BCUT2D eigenvalue weighted by molar-refractivity contribution is 6.04. The highest BCUT2D eigenvalue weighted by Gasteiger charge is 2.30. The van der Waals surface area contributed by atoms with Gasteiger partial charge in [0.25, 0.3) is 0 Å². The van der Waals surface area contributed by atoms with Gasteiger partial charge in [-0.1, -0.05) is 31.7 Å². The Morgan fingerprint density at radius 1 is 1.17 bits per heavy atom. The van der Waals surface area contributed by atoms with E-state index in [4.69, 9.17) is 0 Å². The van der Waals surface area contributed by atoms with E-state index in [0.29, 0.717) is 11.5 Å². The van der Waals surface area contributed by atoms with Crippen molar-refractivity contribution in [2.24, 2.45) is 4.99 Å². The van der Waals surface area contributed by atoms with E-state index in [1.54, 1.807) is 6.08 Å². The minimum absolute atomic E-state index is 0.276. The summed E-state index contributed by atoms with van der Waals surface area (Å²) in [6.07, 6.45) is -2.31. The monoisotopic (exact) mass is 334 g/mol. The van der Waals surface area contributed by atoms with Crippen LogP contribution in [0.15, 0.2) is 66.2 Å². The van der Waals surface area contributed by atoms with Crippen molar-refractivity contribution in [1.29, 1.82) is 0 Å². The number of aryl methyl sites for hydroxylation is 1. The van der Waals surface area contributed by atoms with Gasteiger partial charge in [-0.3, -0.25) is 0 Å². The molecule has 0 unspecified atom stereocenters. The first-order valence-electron chi connectivity index (χ1n) is 7.33. The Kier molecular flexibility index (Phi) is 5.63. The van der Waals surface area contributed by atoms with Gasteiger partial charge in [0, 0.05) is 5.69 Å². The number of anilines is 1. The predicted octanol–water partition coefficient (Wildman–Crippen LogP) is 5.48. The van der Waals surface area contributed by atoms with Gasteiger partial charge in [0.05, 0.1) is 5.69 Å². The number of alkyl halides is 3. The molecule has 0 heterocycles. The molecule has 0 atom stereocenters. The number of ether oxygens (including phenoxy) is 1. The highest BCUT2D eigenvalue weighted by atomic mass is 19.4. The van der Waals surface area contributed by atoms with Gasteiger partial charge in [0.1, 0.15) is 11.6 Å². The standard InChI is InChI=1S/C18H17F3N2O/c1-3-13-7-5-6-8-16(13)23-17(4-2)22-14-9-11-15(12-10-14)24-18(19,20)21/h4-12H,2-3H2,1H3,(H,22,23). The van der Waals surface area contributed by atoms with Crippen LogP contribution in [-0.2, 0) is 6.42 Å². The maximum atomic E-state index is 12.2. The summed E-state index contributed by atoms with van der Waals surface area (Å²) in [7, 11) is 0. The molecule has 2 rings (SSSR count). The van der Waals surface area contributed by atoms with Crippen LogP contribution in [0.5, 0.6) is 5.75 Å². The molecule has 2 aromatic carbocycles. The van der Waals surface area contributed by atoms with Crippen LogP contribution in [0, 0.1) is 0 Å². The lowest BCUT2D eigenvalue weighted by Gasteiger charge is -2.11. The van der Waals surface area contributed by atoms with Gasteiger partial charge in [-0.25, -0.2) is 4.99 Å². The highest BCUT2D eigenvalue weighted by Crippen LogP contribution is 2.24. The number of nitrogens with zero attached hydrogens (tertiary/aromatic N) is 1. The van der Waals surface area contributed by atoms with Crippen molar-refractivity contribution < 1.29 is 17.9 Å². The average molecular weight is 334 g/mol. The van der Waals surface area contributed by atoms with Crippen molar-refractivity contribution >= 4 is 17.2 Å². The largest absolute Gasteiger partial charge is 0.573 e. The second kappa shape index (κ2) is 7.68. The van der Waals surface area contributed by atoms with Gasteiger partial charge < -0.3 is 10.1 Å². The van der Waals surface area contributed by atoms with Crippen LogP contribution in [0.25, 0.3) is 0 Å². The summed E-state index contributed by atoms with van der Waals surface area (Å²) in [5.74, 6) is 0.224. The van der Waals surface area contributed by atoms with Crippen LogP contribution >= 0.6 is 0 Å². The molecule has 0 aliphatic carbocycles. The number of nitrogens with one attached hydrogen (secondary N) is 1. The molecule has 3 nitrogen and oxygen atoms in total. The summed E-state index contributed by atoms with van der Waals surface area (Å²) >= 11 is 0. The zero-order valence-corrected chi connectivity index (χ0v) is 13.1. The van der Waals surface area contributed by atoms with E-state index in [2.05, 4.69) is 21.6 Å². The molecule has 2 aromatic rings. The van der Waals surface area contributed by atoms with E-state index in [1.807, 2.05) is 31.2 Å². The van der Waals surface area contributed by atoms with Gasteiger partial charge >= 0.3 is 6.36 Å². The van der Waals surface area contributed by atoms with Crippen molar-refractivity contribution in [2.45, 2.75) is 19.7 Å². The van der Waals surface area contributed by atoms with Crippen LogP contribution < -0.4 is 10.1 Å². The minimum Gasteiger partial charge on any atom is -0.406 e. The Labute approximate surface area is 138 Å². The molecule has 0 aromatic heterocycles. The third kappa shape index (κ3) is 5.15. The van der Waals surface area contributed by atoms with Gasteiger partial charge in [0.2, 0.25) is 0 Å². The normalized spacial score (nSPS) is 11.9. The fourth-order valence-electron chi connectivity index (χ4n) is 2.06. The fraction of sp³-hybridized carbons (Fsp3) is 0.167. The summed E-state index contributed by atoms with van der Waals surface area (Å²) in [5.41, 5.74) is 2.49. The second-order valence-corrected chi connectivity index (χ2v) is 4.88. The van der Waals surface area contributed by atoms with Crippen LogP contribution in [0.2, 0.25) is 0 Å². The molecule has 0 saturated heterocycles. The zero-order chi connectivity index (χ0) is 17.6. The molecular weight excluding hydrogens is 317 g/mol. The Balaban J connectivity index is 2.15. The Morgan fingerprint density at radius 3 is 2.42 bits per heavy atom. The second-order valence-electron chi connectivity index (χ2n) is 4.88. The van der Waals surface area contributed by atoms with E-state index in [1.165, 1.54) is 24.3 Å². The first-order chi connectivity index (χ1) is 11.4. The summed E-state index contributed by atoms with van der Waals surface area (Å²) in [6.45, 7) is 5.74. The van der Waals surface area contributed by atoms with Gasteiger partial charge in [-0.05, 0) is 48.4 Å². The van der Waals surface area contributed by atoms with Crippen LogP contribution in [-0.4, -0.2) is 12.2 Å².